The summed E-state index contributed by atoms with van der Waals surface area (Å²) in [6.45, 7) is 11.0. The first-order valence-electron chi connectivity index (χ1n) is 10.3. The number of ketones is 1. The maximum atomic E-state index is 12.8. The number of Topliss-reactive ketones (excluding diaryl/α,β-unsaturated/α-hetero) is 1. The summed E-state index contributed by atoms with van der Waals surface area (Å²) in [5.74, 6) is -49.8. The second kappa shape index (κ2) is 12.3. The van der Waals surface area contributed by atoms with Gasteiger partial charge in [0.25, 0.3) is 0 Å². The van der Waals surface area contributed by atoms with Gasteiger partial charge in [0.05, 0.1) is 0 Å². The van der Waals surface area contributed by atoms with Crippen LogP contribution in [0.4, 0.5) is 79.0 Å². The van der Waals surface area contributed by atoms with Crippen LogP contribution in [0.1, 0.15) is 47.5 Å². The van der Waals surface area contributed by atoms with E-state index in [0.717, 1.165) is 18.6 Å². The molecule has 0 aromatic heterocycles. The summed E-state index contributed by atoms with van der Waals surface area (Å²) in [7, 11) is 0.291. The van der Waals surface area contributed by atoms with E-state index in [0.29, 0.717) is 27.2 Å². The molecule has 0 aromatic rings. The minimum atomic E-state index is -8.72. The van der Waals surface area contributed by atoms with Crippen LogP contribution in [0.2, 0.25) is 0 Å². The summed E-state index contributed by atoms with van der Waals surface area (Å²) in [5, 5.41) is 1.31. The van der Waals surface area contributed by atoms with Gasteiger partial charge in [-0.1, -0.05) is 6.92 Å². The lowest BCUT2D eigenvalue weighted by atomic mass is 9.91. The first-order chi connectivity index (χ1) is 16.7. The zero-order valence-electron chi connectivity index (χ0n) is 20.4. The van der Waals surface area contributed by atoms with Gasteiger partial charge in [-0.3, -0.25) is 4.79 Å². The lowest BCUT2D eigenvalue weighted by molar-refractivity contribution is -0.468. The Kier molecular flexibility index (Phi) is 12.6. The molecule has 0 aliphatic rings. The van der Waals surface area contributed by atoms with Crippen LogP contribution >= 0.6 is 0 Å². The van der Waals surface area contributed by atoms with E-state index in [1.54, 1.807) is 0 Å². The van der Waals surface area contributed by atoms with E-state index in [9.17, 15) is 83.8 Å². The van der Waals surface area contributed by atoms with Gasteiger partial charge in [-0.2, -0.15) is 79.0 Å². The molecule has 0 N–H and O–H groups in total. The molecule has 0 heterocycles. The summed E-state index contributed by atoms with van der Waals surface area (Å²) in [6, 6.07) is 0. The average Bonchev–Trinajstić information content (AvgIpc) is 2.69. The highest BCUT2D eigenvalue weighted by molar-refractivity contribution is 7.98. The fourth-order valence-electron chi connectivity index (χ4n) is 2.56. The largest absolute Gasteiger partial charge is 0.460 e. The summed E-state index contributed by atoms with van der Waals surface area (Å²) >= 11 is 0. The van der Waals surface area contributed by atoms with Crippen molar-refractivity contribution >= 4 is 16.7 Å². The molecular formula is C19H23F18OS+. The van der Waals surface area contributed by atoms with Gasteiger partial charge in [-0.05, 0) is 45.0 Å². The van der Waals surface area contributed by atoms with Crippen molar-refractivity contribution in [3.63, 3.8) is 0 Å². The molecular weight excluding hydrogens is 618 g/mol. The Hall–Kier alpha value is -1.24. The van der Waals surface area contributed by atoms with Gasteiger partial charge < -0.3 is 0 Å². The normalized spacial score (nSPS) is 15.1. The van der Waals surface area contributed by atoms with Gasteiger partial charge >= 0.3 is 47.9 Å². The molecule has 20 heteroatoms. The molecule has 0 aliphatic heterocycles. The highest BCUT2D eigenvalue weighted by Gasteiger charge is 2.95. The Bertz CT molecular complexity index is 741. The maximum absolute atomic E-state index is 12.8. The monoisotopic (exact) mass is 641 g/mol. The molecule has 0 unspecified atom stereocenters. The smallest absolute Gasteiger partial charge is 0.294 e. The predicted molar refractivity (Wildman–Crippen MR) is 104 cm³/mol. The number of alkyl halides is 18. The summed E-state index contributed by atoms with van der Waals surface area (Å²) in [4.78, 5) is 11.5. The van der Waals surface area contributed by atoms with Crippen LogP contribution in [-0.4, -0.2) is 69.9 Å². The number of carbonyl (C=O) groups excluding carboxylic acids is 1. The fourth-order valence-corrected chi connectivity index (χ4v) is 4.83. The Morgan fingerprint density at radius 3 is 0.923 bits per heavy atom. The van der Waals surface area contributed by atoms with Crippen molar-refractivity contribution in [2.45, 2.75) is 106 Å². The molecule has 0 saturated carbocycles. The van der Waals surface area contributed by atoms with Crippen LogP contribution in [0.15, 0.2) is 0 Å². The lowest BCUT2D eigenvalue weighted by Crippen LogP contribution is -2.74. The van der Waals surface area contributed by atoms with E-state index in [1.165, 1.54) is 0 Å². The SMILES string of the molecule is CCCC(=O)C[S+](C(C)C)C(C)C.FC(F)(F)C(F)(F)C(F)(F)C(F)(F)C(F)(F)C(F)(F)C(F)(F)C(F)(F)F. The Morgan fingerprint density at radius 2 is 0.744 bits per heavy atom. The lowest BCUT2D eigenvalue weighted by Gasteiger charge is -2.41. The van der Waals surface area contributed by atoms with E-state index >= 15 is 0 Å². The van der Waals surface area contributed by atoms with Crippen molar-refractivity contribution in [2.24, 2.45) is 0 Å². The molecule has 0 saturated heterocycles. The van der Waals surface area contributed by atoms with Crippen molar-refractivity contribution in [2.75, 3.05) is 5.75 Å². The Balaban J connectivity index is 0. The first kappa shape index (κ1) is 39.9. The van der Waals surface area contributed by atoms with Crippen molar-refractivity contribution in [3.8, 4) is 0 Å². The first-order valence-corrected chi connectivity index (χ1v) is 11.9. The molecule has 0 aromatic carbocycles. The molecule has 236 valence electrons. The topological polar surface area (TPSA) is 17.1 Å². The Morgan fingerprint density at radius 1 is 0.513 bits per heavy atom. The number of halogens is 18. The van der Waals surface area contributed by atoms with Gasteiger partial charge in [-0.25, -0.2) is 0 Å². The van der Waals surface area contributed by atoms with E-state index in [-0.39, 0.29) is 0 Å². The van der Waals surface area contributed by atoms with Crippen molar-refractivity contribution < 1.29 is 83.8 Å². The molecule has 0 spiro atoms. The molecule has 0 radical (unpaired) electrons. The van der Waals surface area contributed by atoms with E-state index in [2.05, 4.69) is 34.6 Å². The van der Waals surface area contributed by atoms with Crippen LogP contribution < -0.4 is 0 Å². The fraction of sp³-hybridized carbons (Fsp3) is 0.947. The van der Waals surface area contributed by atoms with Crippen LogP contribution in [0, 0.1) is 0 Å². The highest BCUT2D eigenvalue weighted by Crippen LogP contribution is 2.64. The van der Waals surface area contributed by atoms with E-state index < -0.39 is 47.9 Å². The second-order valence-corrected chi connectivity index (χ2v) is 11.6. The maximum Gasteiger partial charge on any atom is 0.460 e. The van der Waals surface area contributed by atoms with Gasteiger partial charge in [0.15, 0.2) is 11.5 Å². The Labute approximate surface area is 213 Å². The van der Waals surface area contributed by atoms with Crippen LogP contribution in [0.25, 0.3) is 0 Å². The number of carbonyl (C=O) groups is 1. The molecule has 0 bridgehead atoms. The summed E-state index contributed by atoms with van der Waals surface area (Å²) in [5.41, 5.74) is 0. The minimum absolute atomic E-state index is 0.291. The number of hydrogen-bond donors (Lipinski definition) is 0. The van der Waals surface area contributed by atoms with Crippen molar-refractivity contribution in [1.82, 2.24) is 0 Å². The van der Waals surface area contributed by atoms with Crippen LogP contribution in [0.5, 0.6) is 0 Å². The molecule has 0 aliphatic carbocycles. The summed E-state index contributed by atoms with van der Waals surface area (Å²) < 4.78 is 221. The molecule has 0 fully saturated rings. The zero-order valence-corrected chi connectivity index (χ0v) is 21.2. The standard InChI is InChI=1S/C11H23OS.C8F18/c1-6-7-11(12)8-13(9(2)3)10(4)5;9-1(10,3(13,14)5(17,18)7(21,22)23)2(11,12)4(15,16)6(19,20)8(24,25)26/h9-10H,6-8H2,1-5H3;/q+1;. The number of rotatable bonds is 11. The third-order valence-electron chi connectivity index (χ3n) is 4.75. The van der Waals surface area contributed by atoms with Crippen LogP contribution in [-0.2, 0) is 15.7 Å². The van der Waals surface area contributed by atoms with Gasteiger partial charge in [0.2, 0.25) is 0 Å². The molecule has 1 nitrogen and oxygen atoms in total. The van der Waals surface area contributed by atoms with E-state index in [1.807, 2.05) is 0 Å². The van der Waals surface area contributed by atoms with E-state index in [4.69, 9.17) is 0 Å². The molecule has 0 rings (SSSR count). The van der Waals surface area contributed by atoms with Gasteiger partial charge in [0.1, 0.15) is 10.5 Å². The quantitative estimate of drug-likeness (QED) is 0.163. The second-order valence-electron chi connectivity index (χ2n) is 8.44. The summed E-state index contributed by atoms with van der Waals surface area (Å²) in [6.07, 6.45) is -13.9. The third-order valence-corrected chi connectivity index (χ3v) is 7.83. The minimum Gasteiger partial charge on any atom is -0.294 e. The highest BCUT2D eigenvalue weighted by atomic mass is 32.2. The third kappa shape index (κ3) is 7.54. The number of hydrogen-bond acceptors (Lipinski definition) is 1. The molecule has 0 amide bonds. The van der Waals surface area contributed by atoms with Gasteiger partial charge in [0, 0.05) is 6.42 Å². The van der Waals surface area contributed by atoms with Gasteiger partial charge in [-0.15, -0.1) is 0 Å². The van der Waals surface area contributed by atoms with Crippen molar-refractivity contribution in [1.29, 1.82) is 0 Å². The molecule has 0 atom stereocenters. The average molecular weight is 641 g/mol. The zero-order chi connectivity index (χ0) is 32.4. The van der Waals surface area contributed by atoms with Crippen LogP contribution in [0.3, 0.4) is 0 Å². The molecule has 39 heavy (non-hydrogen) atoms. The predicted octanol–water partition coefficient (Wildman–Crippen LogP) is 8.71. The van der Waals surface area contributed by atoms with Crippen molar-refractivity contribution in [3.05, 3.63) is 0 Å².